The number of esters is 1. The van der Waals surface area contributed by atoms with Crippen molar-refractivity contribution >= 4 is 57.9 Å². The summed E-state index contributed by atoms with van der Waals surface area (Å²) in [6.07, 6.45) is 3.39. The molecule has 1 aromatic carbocycles. The van der Waals surface area contributed by atoms with Gasteiger partial charge in [0.15, 0.2) is 16.7 Å². The van der Waals surface area contributed by atoms with E-state index >= 15 is 0 Å². The molecule has 43 heavy (non-hydrogen) atoms. The molecular weight excluding hydrogens is 620 g/mol. The fraction of sp³-hybridized carbons (Fsp3) is 0.448. The Labute approximate surface area is 263 Å². The first-order valence-corrected chi connectivity index (χ1v) is 15.4. The van der Waals surface area contributed by atoms with E-state index in [-0.39, 0.29) is 24.3 Å². The smallest absolute Gasteiger partial charge is 0.336 e. The van der Waals surface area contributed by atoms with Crippen molar-refractivity contribution in [3.05, 3.63) is 68.3 Å². The highest BCUT2D eigenvalue weighted by Crippen LogP contribution is 2.40. The van der Waals surface area contributed by atoms with Gasteiger partial charge in [0.2, 0.25) is 0 Å². The molecule has 1 fully saturated rings. The molecule has 232 valence electrons. The van der Waals surface area contributed by atoms with Crippen LogP contribution in [0.25, 0.3) is 5.70 Å². The molecule has 0 spiro atoms. The van der Waals surface area contributed by atoms with Gasteiger partial charge < -0.3 is 25.0 Å². The number of rotatable bonds is 9. The first kappa shape index (κ1) is 32.8. The van der Waals surface area contributed by atoms with Gasteiger partial charge in [-0.3, -0.25) is 9.69 Å². The number of hydrogen-bond donors (Lipinski definition) is 2. The van der Waals surface area contributed by atoms with E-state index in [0.717, 1.165) is 6.07 Å². The summed E-state index contributed by atoms with van der Waals surface area (Å²) in [4.78, 5) is 35.3. The number of nitrogens with zero attached hydrogens (tertiary/aromatic N) is 4. The fourth-order valence-electron chi connectivity index (χ4n) is 5.09. The molecule has 2 aliphatic heterocycles. The molecule has 0 radical (unpaired) electrons. The van der Waals surface area contributed by atoms with Crippen LogP contribution in [0.5, 0.6) is 0 Å². The molecule has 3 heterocycles. The first-order valence-electron chi connectivity index (χ1n) is 13.7. The number of benzene rings is 1. The number of dihydropyridines is 1. The Morgan fingerprint density at radius 3 is 2.58 bits per heavy atom. The molecule has 0 saturated carbocycles. The van der Waals surface area contributed by atoms with E-state index in [1.54, 1.807) is 45.0 Å². The minimum atomic E-state index is -1.18. The SMILES string of the molecule is CCOC(=O)C1=C(CN2CCN(C(=S)N(C)CC(C)(C)C(=O)O)CC2)NC(c2nccs2)=CC1c1ccc(F)c(F)c1Cl. The van der Waals surface area contributed by atoms with Crippen molar-refractivity contribution < 1.29 is 28.2 Å². The number of piperazine rings is 1. The Kier molecular flexibility index (Phi) is 10.4. The van der Waals surface area contributed by atoms with Crippen molar-refractivity contribution in [2.24, 2.45) is 5.41 Å². The Morgan fingerprint density at radius 2 is 1.98 bits per heavy atom. The number of ether oxygens (including phenoxy) is 1. The van der Waals surface area contributed by atoms with Crippen LogP contribution < -0.4 is 5.32 Å². The standard InChI is InChI=1S/C29H34ClF2N5O4S2/c1-5-41-26(38)22-18(17-6-7-19(31)24(32)23(17)30)14-20(25-33-8-13-43-25)34-21(22)15-36-9-11-37(12-10-36)28(42)35(4)16-29(2,3)27(39)40/h6-8,13-14,18,34H,5,9-12,15-16H2,1-4H3,(H,39,40). The number of nitrogens with one attached hydrogen (secondary N) is 1. The van der Waals surface area contributed by atoms with Crippen molar-refractivity contribution in [2.75, 3.05) is 52.9 Å². The minimum absolute atomic E-state index is 0.124. The average Bonchev–Trinajstić information content (AvgIpc) is 3.51. The van der Waals surface area contributed by atoms with Gasteiger partial charge in [-0.2, -0.15) is 0 Å². The largest absolute Gasteiger partial charge is 0.481 e. The van der Waals surface area contributed by atoms with E-state index in [9.17, 15) is 23.5 Å². The summed E-state index contributed by atoms with van der Waals surface area (Å²) >= 11 is 13.4. The number of thiazole rings is 1. The summed E-state index contributed by atoms with van der Waals surface area (Å²) in [6.45, 7) is 8.12. The lowest BCUT2D eigenvalue weighted by Gasteiger charge is -2.40. The molecule has 2 aromatic rings. The van der Waals surface area contributed by atoms with E-state index in [1.165, 1.54) is 17.4 Å². The summed E-state index contributed by atoms with van der Waals surface area (Å²) in [5, 5.41) is 15.5. The second-order valence-electron chi connectivity index (χ2n) is 11.0. The second-order valence-corrected chi connectivity index (χ2v) is 12.6. The number of carboxylic acid groups (broad SMARTS) is 1. The number of halogens is 3. The maximum atomic E-state index is 14.6. The molecule has 0 amide bonds. The molecule has 2 N–H and O–H groups in total. The minimum Gasteiger partial charge on any atom is -0.481 e. The number of carbonyl (C=O) groups is 2. The number of aromatic nitrogens is 1. The van der Waals surface area contributed by atoms with Crippen molar-refractivity contribution in [3.63, 3.8) is 0 Å². The third-order valence-corrected chi connectivity index (χ3v) is 9.14. The van der Waals surface area contributed by atoms with Crippen LogP contribution in [0.4, 0.5) is 8.78 Å². The van der Waals surface area contributed by atoms with E-state index in [2.05, 4.69) is 15.2 Å². The maximum absolute atomic E-state index is 14.6. The molecule has 0 aliphatic carbocycles. The lowest BCUT2D eigenvalue weighted by Crippen LogP contribution is -2.54. The highest BCUT2D eigenvalue weighted by Gasteiger charge is 2.35. The lowest BCUT2D eigenvalue weighted by atomic mass is 9.86. The molecule has 9 nitrogen and oxygen atoms in total. The van der Waals surface area contributed by atoms with E-state index in [0.29, 0.717) is 54.2 Å². The maximum Gasteiger partial charge on any atom is 0.336 e. The highest BCUT2D eigenvalue weighted by molar-refractivity contribution is 7.80. The second kappa shape index (κ2) is 13.7. The zero-order chi connectivity index (χ0) is 31.5. The molecule has 1 atom stereocenters. The fourth-order valence-corrected chi connectivity index (χ4v) is 6.23. The molecule has 1 aromatic heterocycles. The van der Waals surface area contributed by atoms with Crippen molar-refractivity contribution in [3.8, 4) is 0 Å². The van der Waals surface area contributed by atoms with E-state index in [1.807, 2.05) is 10.3 Å². The number of allylic oxidation sites excluding steroid dienone is 1. The molecule has 1 saturated heterocycles. The van der Waals surface area contributed by atoms with Crippen molar-refractivity contribution in [1.29, 1.82) is 0 Å². The van der Waals surface area contributed by atoms with Crippen molar-refractivity contribution in [2.45, 2.75) is 26.7 Å². The highest BCUT2D eigenvalue weighted by atomic mass is 35.5. The Bertz CT molecular complexity index is 1440. The van der Waals surface area contributed by atoms with Crippen LogP contribution in [0.15, 0.2) is 41.1 Å². The molecule has 14 heteroatoms. The number of carboxylic acids is 1. The Hall–Kier alpha value is -3.13. The van der Waals surface area contributed by atoms with E-state index < -0.39 is 39.9 Å². The van der Waals surface area contributed by atoms with E-state index in [4.69, 9.17) is 28.6 Å². The summed E-state index contributed by atoms with van der Waals surface area (Å²) in [6, 6.07) is 2.38. The van der Waals surface area contributed by atoms with Gasteiger partial charge in [-0.05, 0) is 50.7 Å². The predicted molar refractivity (Wildman–Crippen MR) is 166 cm³/mol. The van der Waals surface area contributed by atoms with Crippen LogP contribution in [0.2, 0.25) is 5.02 Å². The van der Waals surface area contributed by atoms with Gasteiger partial charge in [0.1, 0.15) is 5.01 Å². The molecular formula is C29H34ClF2N5O4S2. The van der Waals surface area contributed by atoms with Gasteiger partial charge in [0.05, 0.1) is 28.3 Å². The monoisotopic (exact) mass is 653 g/mol. The van der Waals surface area contributed by atoms with Gasteiger partial charge in [-0.25, -0.2) is 18.6 Å². The summed E-state index contributed by atoms with van der Waals surface area (Å²) in [5.74, 6) is -4.58. The predicted octanol–water partition coefficient (Wildman–Crippen LogP) is 4.56. The number of aliphatic carboxylic acids is 1. The normalized spacial score (nSPS) is 17.8. The molecule has 1 unspecified atom stereocenters. The number of thiocarbonyl (C=S) groups is 1. The summed E-state index contributed by atoms with van der Waals surface area (Å²) in [7, 11) is 1.79. The zero-order valence-electron chi connectivity index (χ0n) is 24.3. The van der Waals surface area contributed by atoms with Gasteiger partial charge in [0.25, 0.3) is 0 Å². The number of carbonyl (C=O) groups excluding carboxylic acids is 1. The average molecular weight is 654 g/mol. The Morgan fingerprint density at radius 1 is 1.28 bits per heavy atom. The Balaban J connectivity index is 1.61. The summed E-state index contributed by atoms with van der Waals surface area (Å²) in [5.41, 5.74) is 0.696. The number of hydrogen-bond acceptors (Lipinski definition) is 8. The van der Waals surface area contributed by atoms with Gasteiger partial charge in [-0.15, -0.1) is 11.3 Å². The molecule has 2 aliphatic rings. The molecule has 0 bridgehead atoms. The van der Waals surface area contributed by atoms with Crippen LogP contribution in [-0.2, 0) is 14.3 Å². The van der Waals surface area contributed by atoms with Crippen LogP contribution >= 0.6 is 35.2 Å². The first-order chi connectivity index (χ1) is 20.3. The summed E-state index contributed by atoms with van der Waals surface area (Å²) < 4.78 is 34.0. The zero-order valence-corrected chi connectivity index (χ0v) is 26.7. The van der Waals surface area contributed by atoms with Crippen LogP contribution in [0.3, 0.4) is 0 Å². The third-order valence-electron chi connectivity index (χ3n) is 7.38. The lowest BCUT2D eigenvalue weighted by molar-refractivity contribution is -0.147. The van der Waals surface area contributed by atoms with Gasteiger partial charge >= 0.3 is 11.9 Å². The van der Waals surface area contributed by atoms with Crippen molar-refractivity contribution in [1.82, 2.24) is 25.0 Å². The third kappa shape index (κ3) is 7.34. The van der Waals surface area contributed by atoms with Gasteiger partial charge in [-0.1, -0.05) is 17.7 Å². The molecule has 4 rings (SSSR count). The quantitative estimate of drug-likeness (QED) is 0.228. The van der Waals surface area contributed by atoms with Crippen LogP contribution in [-0.4, -0.2) is 94.8 Å². The van der Waals surface area contributed by atoms with Crippen LogP contribution in [0.1, 0.15) is 37.3 Å². The van der Waals surface area contributed by atoms with Crippen LogP contribution in [0, 0.1) is 17.0 Å². The topological polar surface area (TPSA) is 98.2 Å². The van der Waals surface area contributed by atoms with Gasteiger partial charge in [0, 0.05) is 69.5 Å².